The Balaban J connectivity index is 1.95. The van der Waals surface area contributed by atoms with Crippen LogP contribution in [0, 0.1) is 11.6 Å². The van der Waals surface area contributed by atoms with Crippen molar-refractivity contribution in [1.29, 1.82) is 0 Å². The number of nitrogens with zero attached hydrogens (tertiary/aromatic N) is 1. The Morgan fingerprint density at radius 3 is 2.64 bits per heavy atom. The number of nitrogens with one attached hydrogen (secondary N) is 2. The third-order valence-electron chi connectivity index (χ3n) is 4.25. The van der Waals surface area contributed by atoms with Crippen LogP contribution in [0.5, 0.6) is 0 Å². The third-order valence-corrected chi connectivity index (χ3v) is 4.25. The first-order chi connectivity index (χ1) is 12.0. The van der Waals surface area contributed by atoms with Crippen LogP contribution in [0.3, 0.4) is 0 Å². The summed E-state index contributed by atoms with van der Waals surface area (Å²) in [6.45, 7) is 1.45. The Kier molecular flexibility index (Phi) is 4.71. The lowest BCUT2D eigenvalue weighted by Crippen LogP contribution is -2.27. The van der Waals surface area contributed by atoms with Gasteiger partial charge in [0.1, 0.15) is 5.69 Å². The second-order valence-corrected chi connectivity index (χ2v) is 5.84. The number of aromatic amines is 1. The average molecular weight is 347 g/mol. The fraction of sp³-hybridized carbons (Fsp3) is 0.235. The molecule has 1 aliphatic heterocycles. The van der Waals surface area contributed by atoms with E-state index < -0.39 is 11.6 Å². The maximum atomic E-state index is 14.0. The van der Waals surface area contributed by atoms with Crippen molar-refractivity contribution in [3.05, 3.63) is 58.9 Å². The molecule has 0 radical (unpaired) electrons. The van der Waals surface area contributed by atoms with Crippen molar-refractivity contribution in [3.8, 4) is 0 Å². The molecular weight excluding hydrogens is 328 g/mol. The number of amides is 1. The van der Waals surface area contributed by atoms with E-state index in [1.54, 1.807) is 11.0 Å². The summed E-state index contributed by atoms with van der Waals surface area (Å²) >= 11 is 0. The summed E-state index contributed by atoms with van der Waals surface area (Å²) in [5.41, 5.74) is 9.28. The van der Waals surface area contributed by atoms with Gasteiger partial charge in [-0.3, -0.25) is 10.6 Å². The molecule has 25 heavy (non-hydrogen) atoms. The number of rotatable bonds is 4. The van der Waals surface area contributed by atoms with E-state index in [0.29, 0.717) is 11.3 Å². The van der Waals surface area contributed by atoms with Crippen molar-refractivity contribution in [3.63, 3.8) is 0 Å². The second kappa shape index (κ2) is 6.94. The van der Waals surface area contributed by atoms with E-state index in [-0.39, 0.29) is 22.9 Å². The molecule has 0 unspecified atom stereocenters. The van der Waals surface area contributed by atoms with Crippen molar-refractivity contribution in [1.82, 2.24) is 15.3 Å². The van der Waals surface area contributed by atoms with Crippen molar-refractivity contribution in [2.45, 2.75) is 12.8 Å². The van der Waals surface area contributed by atoms with Crippen LogP contribution in [-0.4, -0.2) is 28.9 Å². The average Bonchev–Trinajstić information content (AvgIpc) is 3.30. The lowest BCUT2D eigenvalue weighted by Gasteiger charge is -2.13. The van der Waals surface area contributed by atoms with Crippen LogP contribution in [0.2, 0.25) is 0 Å². The number of benzene rings is 1. The highest BCUT2D eigenvalue weighted by Crippen LogP contribution is 2.24. The standard InChI is InChI=1S/C17H19F2N5O/c18-12-5-3-4-11(14(12)19)16(23-21)15(20)10-8-13(22-9-10)17(25)24-6-1-2-7-24/h3-5,8-9,22-23H,1-2,6-7,20-21H2/b16-15-. The van der Waals surface area contributed by atoms with Gasteiger partial charge in [0.15, 0.2) is 11.6 Å². The Morgan fingerprint density at radius 2 is 1.96 bits per heavy atom. The number of carbonyl (C=O) groups excluding carboxylic acids is 1. The van der Waals surface area contributed by atoms with Crippen LogP contribution in [0.15, 0.2) is 30.5 Å². The molecule has 0 spiro atoms. The molecule has 6 nitrogen and oxygen atoms in total. The number of halogens is 2. The Bertz CT molecular complexity index is 824. The third kappa shape index (κ3) is 3.20. The van der Waals surface area contributed by atoms with Gasteiger partial charge in [0.2, 0.25) is 0 Å². The van der Waals surface area contributed by atoms with Crippen molar-refractivity contribution >= 4 is 17.3 Å². The smallest absolute Gasteiger partial charge is 0.270 e. The van der Waals surface area contributed by atoms with Crippen LogP contribution >= 0.6 is 0 Å². The predicted molar refractivity (Wildman–Crippen MR) is 90.6 cm³/mol. The highest BCUT2D eigenvalue weighted by molar-refractivity contribution is 5.95. The van der Waals surface area contributed by atoms with Gasteiger partial charge in [-0.05, 0) is 31.0 Å². The molecule has 2 aromatic rings. The zero-order chi connectivity index (χ0) is 18.0. The van der Waals surface area contributed by atoms with Crippen molar-refractivity contribution in [2.24, 2.45) is 11.6 Å². The number of hydrogen-bond donors (Lipinski definition) is 4. The topological polar surface area (TPSA) is 100 Å². The van der Waals surface area contributed by atoms with Gasteiger partial charge in [-0.2, -0.15) is 0 Å². The second-order valence-electron chi connectivity index (χ2n) is 5.84. The molecule has 0 bridgehead atoms. The minimum absolute atomic E-state index is 0.0381. The van der Waals surface area contributed by atoms with E-state index in [1.165, 1.54) is 18.3 Å². The fourth-order valence-corrected chi connectivity index (χ4v) is 2.91. The molecular formula is C17H19F2N5O. The SMILES string of the molecule is NN/C(=C(\N)c1c[nH]c(C(=O)N2CCCC2)c1)c1cccc(F)c1F. The van der Waals surface area contributed by atoms with Gasteiger partial charge in [0.05, 0.1) is 11.4 Å². The molecule has 0 saturated carbocycles. The largest absolute Gasteiger partial charge is 0.396 e. The molecule has 8 heteroatoms. The van der Waals surface area contributed by atoms with Gasteiger partial charge in [0.25, 0.3) is 5.91 Å². The Hall–Kier alpha value is -2.87. The lowest BCUT2D eigenvalue weighted by molar-refractivity contribution is 0.0787. The van der Waals surface area contributed by atoms with Crippen molar-refractivity contribution < 1.29 is 13.6 Å². The Morgan fingerprint density at radius 1 is 1.24 bits per heavy atom. The first-order valence-electron chi connectivity index (χ1n) is 7.91. The molecule has 6 N–H and O–H groups in total. The van der Waals surface area contributed by atoms with Crippen LogP contribution < -0.4 is 17.0 Å². The van der Waals surface area contributed by atoms with Crippen LogP contribution in [0.4, 0.5) is 8.78 Å². The van der Waals surface area contributed by atoms with E-state index in [1.807, 2.05) is 0 Å². The first-order valence-corrected chi connectivity index (χ1v) is 7.91. The quantitative estimate of drug-likeness (QED) is 0.500. The van der Waals surface area contributed by atoms with E-state index in [9.17, 15) is 13.6 Å². The molecule has 1 aromatic heterocycles. The molecule has 3 rings (SSSR count). The number of hydrazine groups is 1. The van der Waals surface area contributed by atoms with Crippen LogP contribution in [0.1, 0.15) is 34.5 Å². The van der Waals surface area contributed by atoms with E-state index in [0.717, 1.165) is 32.0 Å². The van der Waals surface area contributed by atoms with Crippen LogP contribution in [0.25, 0.3) is 11.4 Å². The van der Waals surface area contributed by atoms with Gasteiger partial charge in [-0.25, -0.2) is 8.78 Å². The zero-order valence-corrected chi connectivity index (χ0v) is 13.5. The molecule has 2 heterocycles. The molecule has 0 aliphatic carbocycles. The molecule has 1 amide bonds. The summed E-state index contributed by atoms with van der Waals surface area (Å²) in [6.07, 6.45) is 3.51. The molecule has 0 atom stereocenters. The van der Waals surface area contributed by atoms with Gasteiger partial charge in [0, 0.05) is 30.4 Å². The van der Waals surface area contributed by atoms with Gasteiger partial charge >= 0.3 is 0 Å². The maximum absolute atomic E-state index is 14.0. The Labute approximate surface area is 143 Å². The molecule has 1 aromatic carbocycles. The number of carbonyl (C=O) groups is 1. The summed E-state index contributed by atoms with van der Waals surface area (Å²) in [5.74, 6) is 3.29. The lowest BCUT2D eigenvalue weighted by atomic mass is 10.1. The summed E-state index contributed by atoms with van der Waals surface area (Å²) in [4.78, 5) is 17.0. The molecule has 1 aliphatic rings. The van der Waals surface area contributed by atoms with Gasteiger partial charge in [-0.1, -0.05) is 6.07 Å². The maximum Gasteiger partial charge on any atom is 0.270 e. The highest BCUT2D eigenvalue weighted by Gasteiger charge is 2.22. The van der Waals surface area contributed by atoms with Gasteiger partial charge in [-0.15, -0.1) is 0 Å². The molecule has 132 valence electrons. The van der Waals surface area contributed by atoms with E-state index >= 15 is 0 Å². The number of likely N-dealkylation sites (tertiary alicyclic amines) is 1. The highest BCUT2D eigenvalue weighted by atomic mass is 19.2. The molecule has 1 saturated heterocycles. The van der Waals surface area contributed by atoms with Crippen molar-refractivity contribution in [2.75, 3.05) is 13.1 Å². The number of nitrogens with two attached hydrogens (primary N) is 2. The van der Waals surface area contributed by atoms with E-state index in [4.69, 9.17) is 11.6 Å². The van der Waals surface area contributed by atoms with Gasteiger partial charge < -0.3 is 21.0 Å². The summed E-state index contributed by atoms with van der Waals surface area (Å²) in [7, 11) is 0. The fourth-order valence-electron chi connectivity index (χ4n) is 2.91. The normalized spacial score (nSPS) is 15.2. The predicted octanol–water partition coefficient (Wildman–Crippen LogP) is 1.78. The number of hydrogen-bond acceptors (Lipinski definition) is 4. The number of H-pyrrole nitrogens is 1. The van der Waals surface area contributed by atoms with E-state index in [2.05, 4.69) is 10.4 Å². The zero-order valence-electron chi connectivity index (χ0n) is 13.5. The molecule has 1 fully saturated rings. The van der Waals surface area contributed by atoms with Crippen LogP contribution in [-0.2, 0) is 0 Å². The summed E-state index contributed by atoms with van der Waals surface area (Å²) in [5, 5.41) is 0. The monoisotopic (exact) mass is 347 g/mol. The minimum atomic E-state index is -1.05. The first kappa shape index (κ1) is 17.0. The number of aromatic nitrogens is 1. The summed E-state index contributed by atoms with van der Waals surface area (Å²) < 4.78 is 27.5. The minimum Gasteiger partial charge on any atom is -0.396 e. The summed E-state index contributed by atoms with van der Waals surface area (Å²) in [6, 6.07) is 5.30.